The molecule has 2 N–H and O–H groups in total. The average molecular weight is 351 g/mol. The molecule has 134 valence electrons. The number of hydrogen-bond donors (Lipinski definition) is 2. The van der Waals surface area contributed by atoms with Crippen LogP contribution in [0.4, 0.5) is 17.1 Å². The van der Waals surface area contributed by atoms with Gasteiger partial charge < -0.3 is 15.5 Å². The molecule has 0 saturated carbocycles. The third kappa shape index (κ3) is 3.91. The number of aryl methyl sites for hydroxylation is 2. The summed E-state index contributed by atoms with van der Waals surface area (Å²) in [5.41, 5.74) is 4.05. The highest BCUT2D eigenvalue weighted by Gasteiger charge is 2.26. The van der Waals surface area contributed by atoms with Crippen molar-refractivity contribution in [1.29, 1.82) is 0 Å². The van der Waals surface area contributed by atoms with Gasteiger partial charge in [-0.25, -0.2) is 0 Å². The lowest BCUT2D eigenvalue weighted by Gasteiger charge is -2.29. The molecule has 1 aliphatic rings. The Morgan fingerprint density at radius 3 is 2.69 bits per heavy atom. The molecule has 26 heavy (non-hydrogen) atoms. The molecule has 3 rings (SSSR count). The molecule has 0 aliphatic carbocycles. The quantitative estimate of drug-likeness (QED) is 0.889. The molecular formula is C20H21N3O3. The summed E-state index contributed by atoms with van der Waals surface area (Å²) >= 11 is 0. The van der Waals surface area contributed by atoms with E-state index in [0.717, 1.165) is 16.8 Å². The highest BCUT2D eigenvalue weighted by atomic mass is 16.2. The first-order chi connectivity index (χ1) is 12.4. The van der Waals surface area contributed by atoms with Crippen LogP contribution in [-0.4, -0.2) is 24.3 Å². The molecule has 2 aromatic rings. The van der Waals surface area contributed by atoms with Crippen molar-refractivity contribution in [3.05, 3.63) is 53.6 Å². The molecule has 0 atom stereocenters. The van der Waals surface area contributed by atoms with Crippen LogP contribution in [-0.2, 0) is 14.4 Å². The molecule has 0 saturated heterocycles. The SMILES string of the molecule is Cc1ccc(C)c(NC(=O)CCC(=O)N2CC(=O)Nc3ccccc32)c1. The fourth-order valence-corrected chi connectivity index (χ4v) is 2.89. The zero-order chi connectivity index (χ0) is 18.7. The van der Waals surface area contributed by atoms with E-state index in [4.69, 9.17) is 0 Å². The summed E-state index contributed by atoms with van der Waals surface area (Å²) in [6, 6.07) is 13.0. The smallest absolute Gasteiger partial charge is 0.244 e. The fraction of sp³-hybridized carbons (Fsp3) is 0.250. The predicted octanol–water partition coefficient (Wildman–Crippen LogP) is 3.01. The van der Waals surface area contributed by atoms with Crippen molar-refractivity contribution in [3.8, 4) is 0 Å². The van der Waals surface area contributed by atoms with Gasteiger partial charge in [-0.2, -0.15) is 0 Å². The number of para-hydroxylation sites is 2. The minimum absolute atomic E-state index is 0.0333. The topological polar surface area (TPSA) is 78.5 Å². The predicted molar refractivity (Wildman–Crippen MR) is 101 cm³/mol. The lowest BCUT2D eigenvalue weighted by atomic mass is 10.1. The normalized spacial score (nSPS) is 13.0. The van der Waals surface area contributed by atoms with E-state index < -0.39 is 0 Å². The summed E-state index contributed by atoms with van der Waals surface area (Å²) < 4.78 is 0. The van der Waals surface area contributed by atoms with E-state index in [-0.39, 0.29) is 37.1 Å². The summed E-state index contributed by atoms with van der Waals surface area (Å²) in [6.07, 6.45) is 0.102. The summed E-state index contributed by atoms with van der Waals surface area (Å²) in [5, 5.41) is 5.59. The van der Waals surface area contributed by atoms with Gasteiger partial charge in [0.2, 0.25) is 17.7 Å². The van der Waals surface area contributed by atoms with Crippen molar-refractivity contribution in [1.82, 2.24) is 0 Å². The average Bonchev–Trinajstić information content (AvgIpc) is 2.62. The number of carbonyl (C=O) groups is 3. The Kier molecular flexibility index (Phi) is 5.02. The van der Waals surface area contributed by atoms with Crippen LogP contribution in [0, 0.1) is 13.8 Å². The maximum Gasteiger partial charge on any atom is 0.244 e. The summed E-state index contributed by atoms with van der Waals surface area (Å²) in [4.78, 5) is 38.0. The summed E-state index contributed by atoms with van der Waals surface area (Å²) in [6.45, 7) is 3.84. The molecule has 1 aliphatic heterocycles. The van der Waals surface area contributed by atoms with Crippen LogP contribution in [0.5, 0.6) is 0 Å². The van der Waals surface area contributed by atoms with Crippen LogP contribution in [0.25, 0.3) is 0 Å². The molecule has 1 heterocycles. The number of hydrogen-bond acceptors (Lipinski definition) is 3. The molecule has 0 bridgehead atoms. The van der Waals surface area contributed by atoms with E-state index in [1.165, 1.54) is 4.90 Å². The zero-order valence-corrected chi connectivity index (χ0v) is 14.8. The number of rotatable bonds is 4. The van der Waals surface area contributed by atoms with Crippen LogP contribution in [0.1, 0.15) is 24.0 Å². The number of fused-ring (bicyclic) bond motifs is 1. The van der Waals surface area contributed by atoms with Gasteiger partial charge in [0.1, 0.15) is 6.54 Å². The number of amides is 3. The van der Waals surface area contributed by atoms with Crippen molar-refractivity contribution in [2.45, 2.75) is 26.7 Å². The molecule has 0 radical (unpaired) electrons. The third-order valence-corrected chi connectivity index (χ3v) is 4.30. The summed E-state index contributed by atoms with van der Waals surface area (Å²) in [7, 11) is 0. The van der Waals surface area contributed by atoms with Crippen LogP contribution in [0.3, 0.4) is 0 Å². The maximum atomic E-state index is 12.6. The number of benzene rings is 2. The number of anilines is 3. The largest absolute Gasteiger partial charge is 0.326 e. The molecule has 0 spiro atoms. The van der Waals surface area contributed by atoms with Gasteiger partial charge in [0.25, 0.3) is 0 Å². The molecule has 0 aromatic heterocycles. The van der Waals surface area contributed by atoms with Gasteiger partial charge in [0.05, 0.1) is 11.4 Å². The highest BCUT2D eigenvalue weighted by Crippen LogP contribution is 2.29. The lowest BCUT2D eigenvalue weighted by molar-refractivity contribution is -0.124. The number of nitrogens with one attached hydrogen (secondary N) is 2. The van der Waals surface area contributed by atoms with Crippen molar-refractivity contribution < 1.29 is 14.4 Å². The molecular weight excluding hydrogens is 330 g/mol. The first kappa shape index (κ1) is 17.7. The Balaban J connectivity index is 1.63. The van der Waals surface area contributed by atoms with E-state index in [1.54, 1.807) is 18.2 Å². The van der Waals surface area contributed by atoms with E-state index >= 15 is 0 Å². The second-order valence-corrected chi connectivity index (χ2v) is 6.41. The minimum Gasteiger partial charge on any atom is -0.326 e. The first-order valence-corrected chi connectivity index (χ1v) is 8.50. The Morgan fingerprint density at radius 1 is 1.12 bits per heavy atom. The molecule has 6 nitrogen and oxygen atoms in total. The van der Waals surface area contributed by atoms with Crippen LogP contribution in [0.2, 0.25) is 0 Å². The highest BCUT2D eigenvalue weighted by molar-refractivity contribution is 6.10. The van der Waals surface area contributed by atoms with Gasteiger partial charge in [-0.1, -0.05) is 24.3 Å². The third-order valence-electron chi connectivity index (χ3n) is 4.30. The second kappa shape index (κ2) is 7.39. The van der Waals surface area contributed by atoms with Gasteiger partial charge in [0, 0.05) is 18.5 Å². The minimum atomic E-state index is -0.247. The molecule has 2 aromatic carbocycles. The Bertz CT molecular complexity index is 876. The van der Waals surface area contributed by atoms with Crippen molar-refractivity contribution >= 4 is 34.8 Å². The lowest BCUT2D eigenvalue weighted by Crippen LogP contribution is -2.42. The summed E-state index contributed by atoms with van der Waals surface area (Å²) in [5.74, 6) is -0.706. The van der Waals surface area contributed by atoms with Gasteiger partial charge in [0.15, 0.2) is 0 Å². The van der Waals surface area contributed by atoms with E-state index in [9.17, 15) is 14.4 Å². The number of nitrogens with zero attached hydrogens (tertiary/aromatic N) is 1. The molecule has 0 unspecified atom stereocenters. The van der Waals surface area contributed by atoms with Gasteiger partial charge in [-0.3, -0.25) is 14.4 Å². The van der Waals surface area contributed by atoms with Crippen LogP contribution in [0.15, 0.2) is 42.5 Å². The fourth-order valence-electron chi connectivity index (χ4n) is 2.89. The monoisotopic (exact) mass is 351 g/mol. The van der Waals surface area contributed by atoms with Crippen molar-refractivity contribution in [3.63, 3.8) is 0 Å². The van der Waals surface area contributed by atoms with E-state index in [0.29, 0.717) is 11.4 Å². The standard InChI is InChI=1S/C20H21N3O3/c1-13-7-8-14(2)16(11-13)22-18(24)9-10-20(26)23-12-19(25)21-15-5-3-4-6-17(15)23/h3-8,11H,9-10,12H2,1-2H3,(H,21,25)(H,22,24). The second-order valence-electron chi connectivity index (χ2n) is 6.41. The molecule has 0 fully saturated rings. The van der Waals surface area contributed by atoms with Crippen LogP contribution >= 0.6 is 0 Å². The Labute approximate surface area is 152 Å². The van der Waals surface area contributed by atoms with Crippen molar-refractivity contribution in [2.24, 2.45) is 0 Å². The van der Waals surface area contributed by atoms with E-state index in [2.05, 4.69) is 10.6 Å². The van der Waals surface area contributed by atoms with Gasteiger partial charge in [-0.05, 0) is 43.2 Å². The van der Waals surface area contributed by atoms with Crippen LogP contribution < -0.4 is 15.5 Å². The maximum absolute atomic E-state index is 12.6. The Morgan fingerprint density at radius 2 is 1.88 bits per heavy atom. The Hall–Kier alpha value is -3.15. The van der Waals surface area contributed by atoms with Crippen molar-refractivity contribution in [2.75, 3.05) is 22.1 Å². The zero-order valence-electron chi connectivity index (χ0n) is 14.8. The van der Waals surface area contributed by atoms with Gasteiger partial charge in [-0.15, -0.1) is 0 Å². The van der Waals surface area contributed by atoms with E-state index in [1.807, 2.05) is 38.1 Å². The number of carbonyl (C=O) groups excluding carboxylic acids is 3. The van der Waals surface area contributed by atoms with Gasteiger partial charge >= 0.3 is 0 Å². The first-order valence-electron chi connectivity index (χ1n) is 8.50. The molecule has 3 amide bonds. The molecule has 6 heteroatoms.